The van der Waals surface area contributed by atoms with Crippen LogP contribution in [0.5, 0.6) is 5.75 Å². The zero-order valence-electron chi connectivity index (χ0n) is 10.9. The number of carbonyl (C=O) groups is 1. The fourth-order valence-electron chi connectivity index (χ4n) is 1.75. The largest absolute Gasteiger partial charge is 0.485 e. The molecule has 3 rings (SSSR count). The van der Waals surface area contributed by atoms with E-state index in [1.165, 1.54) is 11.3 Å². The maximum absolute atomic E-state index is 11.3. The molecular formula is C14H11N3O3S. The number of amides is 1. The summed E-state index contributed by atoms with van der Waals surface area (Å²) in [6, 6.07) is 10.5. The van der Waals surface area contributed by atoms with E-state index in [4.69, 9.17) is 15.0 Å². The fourth-order valence-corrected chi connectivity index (χ4v) is 2.40. The minimum atomic E-state index is -0.544. The van der Waals surface area contributed by atoms with Crippen LogP contribution in [0.2, 0.25) is 0 Å². The quantitative estimate of drug-likeness (QED) is 0.781. The van der Waals surface area contributed by atoms with E-state index in [9.17, 15) is 4.79 Å². The molecule has 0 bridgehead atoms. The van der Waals surface area contributed by atoms with Crippen molar-refractivity contribution in [1.29, 1.82) is 0 Å². The molecule has 106 valence electrons. The first-order chi connectivity index (χ1) is 10.2. The highest BCUT2D eigenvalue weighted by Gasteiger charge is 2.12. The predicted molar refractivity (Wildman–Crippen MR) is 76.9 cm³/mol. The second kappa shape index (κ2) is 5.76. The summed E-state index contributed by atoms with van der Waals surface area (Å²) in [7, 11) is 0. The van der Waals surface area contributed by atoms with Crippen molar-refractivity contribution in [3.05, 3.63) is 53.2 Å². The van der Waals surface area contributed by atoms with E-state index in [0.29, 0.717) is 23.0 Å². The molecular weight excluding hydrogens is 290 g/mol. The Balaban J connectivity index is 1.73. The maximum Gasteiger partial charge on any atom is 0.268 e. The number of hydrogen-bond acceptors (Lipinski definition) is 6. The van der Waals surface area contributed by atoms with E-state index in [2.05, 4.69) is 10.1 Å². The normalized spacial score (nSPS) is 10.5. The smallest absolute Gasteiger partial charge is 0.268 e. The van der Waals surface area contributed by atoms with E-state index in [0.717, 1.165) is 4.88 Å². The van der Waals surface area contributed by atoms with Crippen LogP contribution in [0.15, 0.2) is 46.3 Å². The lowest BCUT2D eigenvalue weighted by atomic mass is 10.2. The van der Waals surface area contributed by atoms with Gasteiger partial charge in [-0.05, 0) is 23.6 Å². The Morgan fingerprint density at radius 3 is 2.90 bits per heavy atom. The van der Waals surface area contributed by atoms with Gasteiger partial charge in [0, 0.05) is 0 Å². The highest BCUT2D eigenvalue weighted by molar-refractivity contribution is 7.13. The SMILES string of the molecule is NC(=O)c1ccccc1OCc1noc(-c2cccs2)n1. The molecule has 2 heterocycles. The van der Waals surface area contributed by atoms with Gasteiger partial charge in [0.25, 0.3) is 11.8 Å². The Hall–Kier alpha value is -2.67. The molecule has 21 heavy (non-hydrogen) atoms. The summed E-state index contributed by atoms with van der Waals surface area (Å²) in [6.45, 7) is 0.0964. The first kappa shape index (κ1) is 13.3. The maximum atomic E-state index is 11.3. The van der Waals surface area contributed by atoms with Crippen molar-refractivity contribution in [2.45, 2.75) is 6.61 Å². The zero-order chi connectivity index (χ0) is 14.7. The minimum absolute atomic E-state index is 0.0964. The molecule has 0 aliphatic rings. The van der Waals surface area contributed by atoms with Crippen LogP contribution in [0.1, 0.15) is 16.2 Å². The number of para-hydroxylation sites is 1. The van der Waals surface area contributed by atoms with Crippen LogP contribution in [-0.2, 0) is 6.61 Å². The van der Waals surface area contributed by atoms with Crippen molar-refractivity contribution >= 4 is 17.2 Å². The molecule has 0 aliphatic carbocycles. The van der Waals surface area contributed by atoms with Crippen LogP contribution >= 0.6 is 11.3 Å². The Morgan fingerprint density at radius 2 is 2.14 bits per heavy atom. The number of nitrogens with zero attached hydrogens (tertiary/aromatic N) is 2. The Labute approximate surface area is 124 Å². The lowest BCUT2D eigenvalue weighted by molar-refractivity contribution is 0.0995. The summed E-state index contributed by atoms with van der Waals surface area (Å²) >= 11 is 1.51. The van der Waals surface area contributed by atoms with Crippen molar-refractivity contribution in [2.24, 2.45) is 5.73 Å². The molecule has 7 heteroatoms. The van der Waals surface area contributed by atoms with Crippen molar-refractivity contribution in [1.82, 2.24) is 10.1 Å². The van der Waals surface area contributed by atoms with E-state index in [-0.39, 0.29) is 6.61 Å². The predicted octanol–water partition coefficient (Wildman–Crippen LogP) is 2.48. The molecule has 2 N–H and O–H groups in total. The van der Waals surface area contributed by atoms with E-state index in [1.54, 1.807) is 24.3 Å². The van der Waals surface area contributed by atoms with Gasteiger partial charge >= 0.3 is 0 Å². The van der Waals surface area contributed by atoms with Crippen molar-refractivity contribution in [3.8, 4) is 16.5 Å². The fraction of sp³-hybridized carbons (Fsp3) is 0.0714. The third kappa shape index (κ3) is 2.92. The summed E-state index contributed by atoms with van der Waals surface area (Å²) in [5, 5.41) is 5.77. The number of ether oxygens (including phenoxy) is 1. The highest BCUT2D eigenvalue weighted by Crippen LogP contribution is 2.23. The van der Waals surface area contributed by atoms with Crippen LogP contribution in [-0.4, -0.2) is 16.0 Å². The monoisotopic (exact) mass is 301 g/mol. The molecule has 1 amide bonds. The first-order valence-corrected chi connectivity index (χ1v) is 7.00. The molecule has 6 nitrogen and oxygen atoms in total. The number of nitrogens with two attached hydrogens (primary N) is 1. The second-order valence-corrected chi connectivity index (χ2v) is 5.09. The molecule has 0 unspecified atom stereocenters. The van der Waals surface area contributed by atoms with Gasteiger partial charge < -0.3 is 15.0 Å². The van der Waals surface area contributed by atoms with Gasteiger partial charge in [0.1, 0.15) is 5.75 Å². The van der Waals surface area contributed by atoms with Crippen LogP contribution in [0.4, 0.5) is 0 Å². The molecule has 0 fully saturated rings. The molecule has 0 radical (unpaired) electrons. The summed E-state index contributed by atoms with van der Waals surface area (Å²) in [5.41, 5.74) is 5.60. The van der Waals surface area contributed by atoms with Gasteiger partial charge in [-0.25, -0.2) is 0 Å². The zero-order valence-corrected chi connectivity index (χ0v) is 11.7. The number of hydrogen-bond donors (Lipinski definition) is 1. The van der Waals surface area contributed by atoms with Crippen molar-refractivity contribution < 1.29 is 14.1 Å². The number of rotatable bonds is 5. The molecule has 0 aliphatic heterocycles. The topological polar surface area (TPSA) is 91.2 Å². The van der Waals surface area contributed by atoms with Crippen LogP contribution < -0.4 is 10.5 Å². The van der Waals surface area contributed by atoms with Crippen molar-refractivity contribution in [3.63, 3.8) is 0 Å². The van der Waals surface area contributed by atoms with E-state index in [1.807, 2.05) is 17.5 Å². The summed E-state index contributed by atoms with van der Waals surface area (Å²) in [4.78, 5) is 16.4. The Morgan fingerprint density at radius 1 is 1.29 bits per heavy atom. The average molecular weight is 301 g/mol. The van der Waals surface area contributed by atoms with Gasteiger partial charge in [-0.2, -0.15) is 4.98 Å². The lowest BCUT2D eigenvalue weighted by Crippen LogP contribution is -2.13. The van der Waals surface area contributed by atoms with Gasteiger partial charge in [0.15, 0.2) is 6.61 Å². The molecule has 2 aromatic heterocycles. The van der Waals surface area contributed by atoms with Gasteiger partial charge in [-0.15, -0.1) is 11.3 Å². The summed E-state index contributed by atoms with van der Waals surface area (Å²) in [6.07, 6.45) is 0. The third-order valence-corrected chi connectivity index (χ3v) is 3.57. The molecule has 3 aromatic rings. The Kier molecular flexibility index (Phi) is 3.65. The van der Waals surface area contributed by atoms with E-state index < -0.39 is 5.91 Å². The molecule has 0 atom stereocenters. The highest BCUT2D eigenvalue weighted by atomic mass is 32.1. The molecule has 0 spiro atoms. The molecule has 1 aromatic carbocycles. The van der Waals surface area contributed by atoms with E-state index >= 15 is 0 Å². The van der Waals surface area contributed by atoms with Gasteiger partial charge in [-0.3, -0.25) is 4.79 Å². The number of carbonyl (C=O) groups excluding carboxylic acids is 1. The average Bonchev–Trinajstić information content (AvgIpc) is 3.16. The lowest BCUT2D eigenvalue weighted by Gasteiger charge is -2.06. The Bertz CT molecular complexity index is 752. The second-order valence-electron chi connectivity index (χ2n) is 4.14. The molecule has 0 saturated carbocycles. The number of primary amides is 1. The standard InChI is InChI=1S/C14H11N3O3S/c15-13(18)9-4-1-2-5-10(9)19-8-12-16-14(20-17-12)11-6-3-7-21-11/h1-7H,8H2,(H2,15,18). The first-order valence-electron chi connectivity index (χ1n) is 6.12. The number of thiophene rings is 1. The van der Waals surface area contributed by atoms with Crippen LogP contribution in [0.3, 0.4) is 0 Å². The van der Waals surface area contributed by atoms with Crippen molar-refractivity contribution in [2.75, 3.05) is 0 Å². The summed E-state index contributed by atoms with van der Waals surface area (Å²) < 4.78 is 10.7. The number of benzene rings is 1. The van der Waals surface area contributed by atoms with Gasteiger partial charge in [0.2, 0.25) is 5.82 Å². The van der Waals surface area contributed by atoms with Gasteiger partial charge in [0.05, 0.1) is 10.4 Å². The van der Waals surface area contributed by atoms with Crippen LogP contribution in [0, 0.1) is 0 Å². The summed E-state index contributed by atoms with van der Waals surface area (Å²) in [5.74, 6) is 0.704. The molecule has 0 saturated heterocycles. The number of aromatic nitrogens is 2. The third-order valence-electron chi connectivity index (χ3n) is 2.71. The van der Waals surface area contributed by atoms with Crippen LogP contribution in [0.25, 0.3) is 10.8 Å². The van der Waals surface area contributed by atoms with Gasteiger partial charge in [-0.1, -0.05) is 23.4 Å². The minimum Gasteiger partial charge on any atom is -0.485 e.